The third kappa shape index (κ3) is 1.43. The number of aliphatic hydroxyl groups excluding tert-OH is 1. The Morgan fingerprint density at radius 3 is 2.60 bits per heavy atom. The standard InChI is InChI=1S/C7H10O3/c8-6-4-2-1-3-5(6)7(9)10/h3,7,9-10H,1-2,4H2. The van der Waals surface area contributed by atoms with Gasteiger partial charge in [0.25, 0.3) is 0 Å². The molecule has 2 N–H and O–H groups in total. The van der Waals surface area contributed by atoms with Crippen molar-refractivity contribution in [3.63, 3.8) is 0 Å². The van der Waals surface area contributed by atoms with E-state index in [1.165, 1.54) is 0 Å². The van der Waals surface area contributed by atoms with Crippen LogP contribution in [-0.4, -0.2) is 22.3 Å². The molecule has 0 saturated heterocycles. The minimum Gasteiger partial charge on any atom is -0.364 e. The quantitative estimate of drug-likeness (QED) is 0.506. The Morgan fingerprint density at radius 2 is 2.20 bits per heavy atom. The fourth-order valence-corrected chi connectivity index (χ4v) is 1.03. The SMILES string of the molecule is O=C1CCCC=C1C(O)O. The highest BCUT2D eigenvalue weighted by Crippen LogP contribution is 2.15. The summed E-state index contributed by atoms with van der Waals surface area (Å²) in [7, 11) is 0. The summed E-state index contributed by atoms with van der Waals surface area (Å²) in [5.41, 5.74) is 0.159. The molecule has 0 atom stereocenters. The van der Waals surface area contributed by atoms with E-state index in [9.17, 15) is 4.79 Å². The number of hydrogen-bond donors (Lipinski definition) is 2. The molecular weight excluding hydrogens is 132 g/mol. The molecule has 0 aromatic carbocycles. The molecule has 1 rings (SSSR count). The highest BCUT2D eigenvalue weighted by Gasteiger charge is 2.18. The first-order chi connectivity index (χ1) is 4.72. The zero-order valence-electron chi connectivity index (χ0n) is 5.58. The van der Waals surface area contributed by atoms with Crippen molar-refractivity contribution in [2.45, 2.75) is 25.6 Å². The third-order valence-electron chi connectivity index (χ3n) is 1.57. The second kappa shape index (κ2) is 2.94. The molecule has 0 aromatic rings. The fourth-order valence-electron chi connectivity index (χ4n) is 1.03. The van der Waals surface area contributed by atoms with E-state index in [4.69, 9.17) is 10.2 Å². The number of hydrogen-bond acceptors (Lipinski definition) is 3. The van der Waals surface area contributed by atoms with Crippen LogP contribution in [0.15, 0.2) is 11.6 Å². The summed E-state index contributed by atoms with van der Waals surface area (Å²) in [5.74, 6) is -0.138. The van der Waals surface area contributed by atoms with Gasteiger partial charge in [-0.3, -0.25) is 4.79 Å². The third-order valence-corrected chi connectivity index (χ3v) is 1.57. The second-order valence-corrected chi connectivity index (χ2v) is 2.35. The van der Waals surface area contributed by atoms with Crippen LogP contribution in [0.1, 0.15) is 19.3 Å². The topological polar surface area (TPSA) is 57.5 Å². The summed E-state index contributed by atoms with van der Waals surface area (Å²) in [4.78, 5) is 10.8. The van der Waals surface area contributed by atoms with Crippen molar-refractivity contribution in [3.8, 4) is 0 Å². The van der Waals surface area contributed by atoms with Crippen molar-refractivity contribution < 1.29 is 15.0 Å². The van der Waals surface area contributed by atoms with Gasteiger partial charge in [0.1, 0.15) is 0 Å². The van der Waals surface area contributed by atoms with E-state index in [-0.39, 0.29) is 11.4 Å². The van der Waals surface area contributed by atoms with E-state index in [2.05, 4.69) is 0 Å². The van der Waals surface area contributed by atoms with Crippen LogP contribution < -0.4 is 0 Å². The lowest BCUT2D eigenvalue weighted by molar-refractivity contribution is -0.119. The van der Waals surface area contributed by atoms with Gasteiger partial charge in [0.2, 0.25) is 0 Å². The van der Waals surface area contributed by atoms with Crippen LogP contribution in [0.4, 0.5) is 0 Å². The summed E-state index contributed by atoms with van der Waals surface area (Å²) in [5, 5.41) is 17.2. The maximum Gasteiger partial charge on any atom is 0.181 e. The van der Waals surface area contributed by atoms with Gasteiger partial charge in [-0.25, -0.2) is 0 Å². The first kappa shape index (κ1) is 7.44. The zero-order chi connectivity index (χ0) is 7.56. The summed E-state index contributed by atoms with van der Waals surface area (Å²) >= 11 is 0. The van der Waals surface area contributed by atoms with Crippen LogP contribution in [-0.2, 0) is 4.79 Å². The molecule has 0 aromatic heterocycles. The van der Waals surface area contributed by atoms with Crippen LogP contribution in [0.5, 0.6) is 0 Å². The van der Waals surface area contributed by atoms with Gasteiger partial charge in [0, 0.05) is 12.0 Å². The Balaban J connectivity index is 2.71. The Hall–Kier alpha value is -0.670. The normalized spacial score (nSPS) is 19.5. The maximum absolute atomic E-state index is 10.8. The highest BCUT2D eigenvalue weighted by molar-refractivity contribution is 5.96. The first-order valence-electron chi connectivity index (χ1n) is 3.31. The molecule has 1 aliphatic rings. The number of ketones is 1. The van der Waals surface area contributed by atoms with Gasteiger partial charge in [-0.15, -0.1) is 0 Å². The van der Waals surface area contributed by atoms with E-state index in [1.54, 1.807) is 6.08 Å². The van der Waals surface area contributed by atoms with Crippen LogP contribution in [0.2, 0.25) is 0 Å². The highest BCUT2D eigenvalue weighted by atomic mass is 16.5. The Morgan fingerprint density at radius 1 is 1.50 bits per heavy atom. The molecule has 0 saturated carbocycles. The summed E-state index contributed by atoms with van der Waals surface area (Å²) < 4.78 is 0. The van der Waals surface area contributed by atoms with Crippen LogP contribution in [0.3, 0.4) is 0 Å². The average molecular weight is 142 g/mol. The van der Waals surface area contributed by atoms with Crippen molar-refractivity contribution in [1.29, 1.82) is 0 Å². The van der Waals surface area contributed by atoms with E-state index in [1.807, 2.05) is 0 Å². The Bertz CT molecular complexity index is 170. The van der Waals surface area contributed by atoms with E-state index in [0.29, 0.717) is 6.42 Å². The number of allylic oxidation sites excluding steroid dienone is 1. The van der Waals surface area contributed by atoms with Crippen LogP contribution >= 0.6 is 0 Å². The molecule has 0 spiro atoms. The van der Waals surface area contributed by atoms with Crippen molar-refractivity contribution in [2.24, 2.45) is 0 Å². The molecule has 0 unspecified atom stereocenters. The zero-order valence-corrected chi connectivity index (χ0v) is 5.58. The lowest BCUT2D eigenvalue weighted by atomic mass is 9.98. The summed E-state index contributed by atoms with van der Waals surface area (Å²) in [6.45, 7) is 0. The molecule has 3 heteroatoms. The summed E-state index contributed by atoms with van der Waals surface area (Å²) in [6.07, 6.45) is 2.07. The minimum atomic E-state index is -1.58. The summed E-state index contributed by atoms with van der Waals surface area (Å²) in [6, 6.07) is 0. The molecule has 0 aliphatic heterocycles. The van der Waals surface area contributed by atoms with Gasteiger partial charge in [-0.05, 0) is 12.8 Å². The first-order valence-corrected chi connectivity index (χ1v) is 3.31. The average Bonchev–Trinajstić information content (AvgIpc) is 1.88. The van der Waals surface area contributed by atoms with Gasteiger partial charge in [-0.1, -0.05) is 6.08 Å². The molecule has 0 radical (unpaired) electrons. The van der Waals surface area contributed by atoms with Gasteiger partial charge in [0.15, 0.2) is 12.1 Å². The molecule has 1 aliphatic carbocycles. The van der Waals surface area contributed by atoms with E-state index in [0.717, 1.165) is 12.8 Å². The van der Waals surface area contributed by atoms with E-state index >= 15 is 0 Å². The monoisotopic (exact) mass is 142 g/mol. The predicted molar refractivity (Wildman–Crippen MR) is 35.2 cm³/mol. The van der Waals surface area contributed by atoms with Gasteiger partial charge in [0.05, 0.1) is 0 Å². The van der Waals surface area contributed by atoms with Crippen molar-refractivity contribution in [2.75, 3.05) is 0 Å². The van der Waals surface area contributed by atoms with Crippen molar-refractivity contribution in [3.05, 3.63) is 11.6 Å². The lowest BCUT2D eigenvalue weighted by Crippen LogP contribution is -2.19. The molecule has 3 nitrogen and oxygen atoms in total. The van der Waals surface area contributed by atoms with Gasteiger partial charge >= 0.3 is 0 Å². The molecular formula is C7H10O3. The molecule has 0 heterocycles. The number of rotatable bonds is 1. The predicted octanol–water partition coefficient (Wildman–Crippen LogP) is -0.0235. The Kier molecular flexibility index (Phi) is 2.19. The van der Waals surface area contributed by atoms with Gasteiger partial charge in [-0.2, -0.15) is 0 Å². The molecule has 0 fully saturated rings. The minimum absolute atomic E-state index is 0.138. The number of Topliss-reactive ketones (excluding diaryl/α,β-unsaturated/α-hetero) is 1. The second-order valence-electron chi connectivity index (χ2n) is 2.35. The van der Waals surface area contributed by atoms with Gasteiger partial charge < -0.3 is 10.2 Å². The van der Waals surface area contributed by atoms with Crippen LogP contribution in [0, 0.1) is 0 Å². The van der Waals surface area contributed by atoms with Crippen molar-refractivity contribution >= 4 is 5.78 Å². The molecule has 0 amide bonds. The fraction of sp³-hybridized carbons (Fsp3) is 0.571. The van der Waals surface area contributed by atoms with Crippen molar-refractivity contribution in [1.82, 2.24) is 0 Å². The largest absolute Gasteiger partial charge is 0.364 e. The van der Waals surface area contributed by atoms with E-state index < -0.39 is 6.29 Å². The number of aliphatic hydroxyl groups is 2. The number of carbonyl (C=O) groups is 1. The number of carbonyl (C=O) groups excluding carboxylic acids is 1. The van der Waals surface area contributed by atoms with Crippen LogP contribution in [0.25, 0.3) is 0 Å². The smallest absolute Gasteiger partial charge is 0.181 e. The molecule has 0 bridgehead atoms. The molecule has 56 valence electrons. The molecule has 10 heavy (non-hydrogen) atoms. The Labute approximate surface area is 59.0 Å². The lowest BCUT2D eigenvalue weighted by Gasteiger charge is -2.12. The maximum atomic E-state index is 10.8.